The van der Waals surface area contributed by atoms with E-state index in [0.717, 1.165) is 25.9 Å². The van der Waals surface area contributed by atoms with Crippen LogP contribution in [0.4, 0.5) is 0 Å². The van der Waals surface area contributed by atoms with Crippen molar-refractivity contribution < 1.29 is 4.79 Å². The smallest absolute Gasteiger partial charge is 0.237 e. The molecule has 3 N–H and O–H groups in total. The molecule has 3 atom stereocenters. The molecule has 0 aromatic rings. The second-order valence-corrected chi connectivity index (χ2v) is 6.85. The van der Waals surface area contributed by atoms with Gasteiger partial charge in [-0.3, -0.25) is 9.69 Å². The van der Waals surface area contributed by atoms with Gasteiger partial charge in [0.15, 0.2) is 0 Å². The number of carbonyl (C=O) groups excluding carboxylic acids is 1. The summed E-state index contributed by atoms with van der Waals surface area (Å²) in [5.41, 5.74) is 5.07. The van der Waals surface area contributed by atoms with Crippen molar-refractivity contribution in [2.75, 3.05) is 13.1 Å². The molecule has 1 heterocycles. The van der Waals surface area contributed by atoms with Gasteiger partial charge in [0.1, 0.15) is 0 Å². The van der Waals surface area contributed by atoms with E-state index in [9.17, 15) is 4.79 Å². The predicted octanol–water partition coefficient (Wildman–Crippen LogP) is 2.66. The van der Waals surface area contributed by atoms with Crippen molar-refractivity contribution in [1.82, 2.24) is 10.2 Å². The lowest BCUT2D eigenvalue weighted by molar-refractivity contribution is -0.124. The molecule has 0 saturated carbocycles. The third-order valence-electron chi connectivity index (χ3n) is 4.87. The fourth-order valence-electron chi connectivity index (χ4n) is 3.62. The van der Waals surface area contributed by atoms with Crippen LogP contribution in [0, 0.1) is 0 Å². The third-order valence-corrected chi connectivity index (χ3v) is 4.87. The minimum atomic E-state index is -0.594. The van der Waals surface area contributed by atoms with Gasteiger partial charge in [0.05, 0.1) is 5.54 Å². The van der Waals surface area contributed by atoms with Gasteiger partial charge in [-0.25, -0.2) is 0 Å². The van der Waals surface area contributed by atoms with Gasteiger partial charge in [-0.1, -0.05) is 26.7 Å². The van der Waals surface area contributed by atoms with Crippen LogP contribution in [0.2, 0.25) is 0 Å². The van der Waals surface area contributed by atoms with E-state index >= 15 is 0 Å². The number of nitrogens with two attached hydrogens (primary N) is 1. The molecule has 21 heavy (non-hydrogen) atoms. The molecule has 1 amide bonds. The SMILES string of the molecule is CCCNC(C)(CC(C)N1CCCCC1CCC)C(N)=O. The summed E-state index contributed by atoms with van der Waals surface area (Å²) in [6.07, 6.45) is 8.22. The molecule has 0 aliphatic carbocycles. The number of carbonyl (C=O) groups is 1. The van der Waals surface area contributed by atoms with Crippen molar-refractivity contribution in [2.45, 2.75) is 90.3 Å². The Morgan fingerprint density at radius 1 is 1.38 bits per heavy atom. The van der Waals surface area contributed by atoms with Crippen LogP contribution in [0.15, 0.2) is 0 Å². The van der Waals surface area contributed by atoms with Crippen molar-refractivity contribution in [3.63, 3.8) is 0 Å². The Kier molecular flexibility index (Phi) is 7.67. The monoisotopic (exact) mass is 297 g/mol. The molecule has 1 aliphatic heterocycles. The highest BCUT2D eigenvalue weighted by molar-refractivity contribution is 5.84. The van der Waals surface area contributed by atoms with Crippen LogP contribution in [-0.4, -0.2) is 41.5 Å². The number of hydrogen-bond acceptors (Lipinski definition) is 3. The van der Waals surface area contributed by atoms with Crippen LogP contribution in [0.3, 0.4) is 0 Å². The second-order valence-electron chi connectivity index (χ2n) is 6.85. The molecular formula is C17H35N3O. The molecule has 1 saturated heterocycles. The first-order valence-electron chi connectivity index (χ1n) is 8.75. The van der Waals surface area contributed by atoms with Crippen LogP contribution >= 0.6 is 0 Å². The molecule has 4 nitrogen and oxygen atoms in total. The Labute approximate surface area is 130 Å². The summed E-state index contributed by atoms with van der Waals surface area (Å²) in [5, 5.41) is 3.36. The van der Waals surface area contributed by atoms with Crippen LogP contribution in [0.1, 0.15) is 72.6 Å². The van der Waals surface area contributed by atoms with E-state index in [2.05, 4.69) is 31.0 Å². The summed E-state index contributed by atoms with van der Waals surface area (Å²) in [7, 11) is 0. The summed E-state index contributed by atoms with van der Waals surface area (Å²) in [6.45, 7) is 10.6. The van der Waals surface area contributed by atoms with E-state index < -0.39 is 5.54 Å². The highest BCUT2D eigenvalue weighted by Gasteiger charge is 2.35. The number of likely N-dealkylation sites (tertiary alicyclic amines) is 1. The van der Waals surface area contributed by atoms with Crippen LogP contribution in [-0.2, 0) is 4.79 Å². The number of hydrogen-bond donors (Lipinski definition) is 2. The highest BCUT2D eigenvalue weighted by Crippen LogP contribution is 2.26. The summed E-state index contributed by atoms with van der Waals surface area (Å²) in [6, 6.07) is 1.07. The number of primary amides is 1. The first-order chi connectivity index (χ1) is 9.94. The van der Waals surface area contributed by atoms with E-state index in [0.29, 0.717) is 12.1 Å². The molecule has 1 fully saturated rings. The topological polar surface area (TPSA) is 58.4 Å². The van der Waals surface area contributed by atoms with Gasteiger partial charge < -0.3 is 11.1 Å². The molecule has 124 valence electrons. The molecule has 0 radical (unpaired) electrons. The number of nitrogens with one attached hydrogen (secondary N) is 1. The van der Waals surface area contributed by atoms with E-state index in [1.165, 1.54) is 32.1 Å². The number of piperidine rings is 1. The third kappa shape index (κ3) is 5.26. The molecule has 0 aromatic carbocycles. The lowest BCUT2D eigenvalue weighted by Crippen LogP contribution is -2.57. The maximum absolute atomic E-state index is 11.9. The molecule has 3 unspecified atom stereocenters. The molecule has 1 rings (SSSR count). The molecule has 4 heteroatoms. The van der Waals surface area contributed by atoms with Crippen LogP contribution in [0.25, 0.3) is 0 Å². The minimum Gasteiger partial charge on any atom is -0.368 e. The summed E-state index contributed by atoms with van der Waals surface area (Å²) >= 11 is 0. The Morgan fingerprint density at radius 3 is 2.67 bits per heavy atom. The molecule has 0 spiro atoms. The van der Waals surface area contributed by atoms with E-state index in [1.807, 2.05) is 6.92 Å². The van der Waals surface area contributed by atoms with Gasteiger partial charge >= 0.3 is 0 Å². The predicted molar refractivity (Wildman–Crippen MR) is 89.2 cm³/mol. The fraction of sp³-hybridized carbons (Fsp3) is 0.941. The summed E-state index contributed by atoms with van der Waals surface area (Å²) < 4.78 is 0. The van der Waals surface area contributed by atoms with Gasteiger partial charge in [0.25, 0.3) is 0 Å². The zero-order chi connectivity index (χ0) is 15.9. The molecule has 0 bridgehead atoms. The standard InChI is InChI=1S/C17H35N3O/c1-5-9-15-10-7-8-12-20(15)14(3)13-17(4,16(18)21)19-11-6-2/h14-15,19H,5-13H2,1-4H3,(H2,18,21). The first kappa shape index (κ1) is 18.4. The van der Waals surface area contributed by atoms with Crippen molar-refractivity contribution in [1.29, 1.82) is 0 Å². The van der Waals surface area contributed by atoms with E-state index in [1.54, 1.807) is 0 Å². The van der Waals surface area contributed by atoms with Crippen LogP contribution < -0.4 is 11.1 Å². The normalized spacial score (nSPS) is 24.5. The largest absolute Gasteiger partial charge is 0.368 e. The molecular weight excluding hydrogens is 262 g/mol. The average Bonchev–Trinajstić information content (AvgIpc) is 2.45. The number of rotatable bonds is 9. The lowest BCUT2D eigenvalue weighted by atomic mass is 9.89. The second kappa shape index (κ2) is 8.74. The minimum absolute atomic E-state index is 0.230. The lowest BCUT2D eigenvalue weighted by Gasteiger charge is -2.42. The van der Waals surface area contributed by atoms with Gasteiger partial charge in [0.2, 0.25) is 5.91 Å². The molecule has 1 aliphatic rings. The summed E-state index contributed by atoms with van der Waals surface area (Å²) in [5.74, 6) is -0.230. The van der Waals surface area contributed by atoms with E-state index in [-0.39, 0.29) is 5.91 Å². The summed E-state index contributed by atoms with van der Waals surface area (Å²) in [4.78, 5) is 14.5. The number of amides is 1. The quantitative estimate of drug-likeness (QED) is 0.688. The Balaban J connectivity index is 2.70. The number of nitrogens with zero attached hydrogens (tertiary/aromatic N) is 1. The Hall–Kier alpha value is -0.610. The average molecular weight is 297 g/mol. The fourth-order valence-corrected chi connectivity index (χ4v) is 3.62. The van der Waals surface area contributed by atoms with Crippen molar-refractivity contribution in [2.24, 2.45) is 5.73 Å². The van der Waals surface area contributed by atoms with Gasteiger partial charge in [-0.2, -0.15) is 0 Å². The van der Waals surface area contributed by atoms with Crippen LogP contribution in [0.5, 0.6) is 0 Å². The zero-order valence-electron chi connectivity index (χ0n) is 14.5. The zero-order valence-corrected chi connectivity index (χ0v) is 14.5. The van der Waals surface area contributed by atoms with Gasteiger partial charge in [-0.05, 0) is 59.0 Å². The molecule has 0 aromatic heterocycles. The van der Waals surface area contributed by atoms with Gasteiger partial charge in [-0.15, -0.1) is 0 Å². The first-order valence-corrected chi connectivity index (χ1v) is 8.75. The van der Waals surface area contributed by atoms with E-state index in [4.69, 9.17) is 5.73 Å². The Bertz CT molecular complexity index is 319. The Morgan fingerprint density at radius 2 is 2.10 bits per heavy atom. The maximum atomic E-state index is 11.9. The van der Waals surface area contributed by atoms with Crippen molar-refractivity contribution in [3.05, 3.63) is 0 Å². The van der Waals surface area contributed by atoms with Crippen molar-refractivity contribution in [3.8, 4) is 0 Å². The highest BCUT2D eigenvalue weighted by atomic mass is 16.1. The maximum Gasteiger partial charge on any atom is 0.237 e. The van der Waals surface area contributed by atoms with Gasteiger partial charge in [0, 0.05) is 12.1 Å². The van der Waals surface area contributed by atoms with Crippen molar-refractivity contribution >= 4 is 5.91 Å².